The topological polar surface area (TPSA) is 66.3 Å². The maximum Gasteiger partial charge on any atom is 0.238 e. The Morgan fingerprint density at radius 2 is 1.96 bits per heavy atom. The van der Waals surface area contributed by atoms with Gasteiger partial charge in [0, 0.05) is 57.9 Å². The summed E-state index contributed by atoms with van der Waals surface area (Å²) in [6.07, 6.45) is 7.22. The lowest BCUT2D eigenvalue weighted by Crippen LogP contribution is -2.49. The van der Waals surface area contributed by atoms with E-state index in [-0.39, 0.29) is 5.91 Å². The van der Waals surface area contributed by atoms with Crippen LogP contribution in [0.25, 0.3) is 0 Å². The molecule has 1 aliphatic heterocycles. The van der Waals surface area contributed by atoms with E-state index in [9.17, 15) is 4.79 Å². The average molecular weight is 328 g/mol. The molecule has 0 bridgehead atoms. The molecule has 0 atom stereocenters. The minimum atomic E-state index is 0.0190. The first-order valence-corrected chi connectivity index (χ1v) is 8.33. The molecule has 1 saturated heterocycles. The van der Waals surface area contributed by atoms with Crippen molar-refractivity contribution in [3.8, 4) is 0 Å². The van der Waals surface area contributed by atoms with Gasteiger partial charge in [0.05, 0.1) is 18.4 Å². The van der Waals surface area contributed by atoms with E-state index in [0.717, 1.165) is 50.8 Å². The lowest BCUT2D eigenvalue weighted by atomic mass is 10.3. The molecule has 128 valence electrons. The predicted molar refractivity (Wildman–Crippen MR) is 92.7 cm³/mol. The minimum absolute atomic E-state index is 0.0190. The number of carbonyl (C=O) groups is 1. The normalized spacial score (nSPS) is 16.2. The smallest absolute Gasteiger partial charge is 0.238 e. The van der Waals surface area contributed by atoms with Crippen molar-refractivity contribution in [3.05, 3.63) is 42.7 Å². The number of nitrogens with zero attached hydrogens (tertiary/aromatic N) is 5. The highest BCUT2D eigenvalue weighted by atomic mass is 16.2. The van der Waals surface area contributed by atoms with Crippen molar-refractivity contribution in [2.45, 2.75) is 13.5 Å². The van der Waals surface area contributed by atoms with E-state index in [4.69, 9.17) is 0 Å². The van der Waals surface area contributed by atoms with Gasteiger partial charge < -0.3 is 9.88 Å². The number of piperazine rings is 1. The van der Waals surface area contributed by atoms with E-state index in [1.165, 1.54) is 0 Å². The average Bonchev–Trinajstić information content (AvgIpc) is 3.00. The van der Waals surface area contributed by atoms with Crippen LogP contribution in [0.2, 0.25) is 0 Å². The largest absolute Gasteiger partial charge is 0.334 e. The zero-order valence-corrected chi connectivity index (χ0v) is 14.1. The van der Waals surface area contributed by atoms with E-state index < -0.39 is 0 Å². The Balaban J connectivity index is 1.37. The van der Waals surface area contributed by atoms with Crippen LogP contribution in [0.5, 0.6) is 0 Å². The number of nitrogens with one attached hydrogen (secondary N) is 1. The summed E-state index contributed by atoms with van der Waals surface area (Å²) in [6, 6.07) is 3.66. The van der Waals surface area contributed by atoms with E-state index >= 15 is 0 Å². The summed E-state index contributed by atoms with van der Waals surface area (Å²) >= 11 is 0. The third-order valence-electron chi connectivity index (χ3n) is 4.36. The second-order valence-electron chi connectivity index (χ2n) is 6.08. The fraction of sp³-hybridized carbons (Fsp3) is 0.471. The fourth-order valence-corrected chi connectivity index (χ4v) is 2.90. The number of aromatic nitrogens is 3. The lowest BCUT2D eigenvalue weighted by Gasteiger charge is -2.34. The number of imidazole rings is 1. The zero-order valence-electron chi connectivity index (χ0n) is 14.1. The van der Waals surface area contributed by atoms with Crippen LogP contribution in [0.3, 0.4) is 0 Å². The van der Waals surface area contributed by atoms with Crippen LogP contribution in [0.15, 0.2) is 36.9 Å². The molecule has 0 spiro atoms. The van der Waals surface area contributed by atoms with Crippen molar-refractivity contribution < 1.29 is 4.79 Å². The summed E-state index contributed by atoms with van der Waals surface area (Å²) in [5, 5.41) is 2.88. The minimum Gasteiger partial charge on any atom is -0.334 e. The summed E-state index contributed by atoms with van der Waals surface area (Å²) in [5.74, 6) is 1.08. The highest BCUT2D eigenvalue weighted by molar-refractivity contribution is 5.92. The molecule has 3 heterocycles. The Morgan fingerprint density at radius 1 is 1.17 bits per heavy atom. The number of pyridine rings is 1. The molecule has 0 saturated carbocycles. The summed E-state index contributed by atoms with van der Waals surface area (Å²) in [6.45, 7) is 8.27. The first-order valence-electron chi connectivity index (χ1n) is 8.33. The molecule has 24 heavy (non-hydrogen) atoms. The van der Waals surface area contributed by atoms with Gasteiger partial charge in [-0.2, -0.15) is 0 Å². The van der Waals surface area contributed by atoms with Crippen molar-refractivity contribution >= 4 is 11.6 Å². The molecule has 2 aromatic rings. The maximum absolute atomic E-state index is 12.1. The number of anilines is 1. The van der Waals surface area contributed by atoms with Gasteiger partial charge in [0.2, 0.25) is 5.91 Å². The molecule has 7 heteroatoms. The molecule has 1 aliphatic rings. The molecule has 1 N–H and O–H groups in total. The molecule has 2 aromatic heterocycles. The predicted octanol–water partition coefficient (Wildman–Crippen LogP) is 0.843. The van der Waals surface area contributed by atoms with E-state index in [1.54, 1.807) is 12.4 Å². The van der Waals surface area contributed by atoms with Crippen molar-refractivity contribution in [2.75, 3.05) is 44.6 Å². The highest BCUT2D eigenvalue weighted by Crippen LogP contribution is 2.06. The van der Waals surface area contributed by atoms with Gasteiger partial charge >= 0.3 is 0 Å². The number of rotatable bonds is 6. The lowest BCUT2D eigenvalue weighted by molar-refractivity contribution is -0.117. The van der Waals surface area contributed by atoms with Gasteiger partial charge in [-0.1, -0.05) is 0 Å². The molecule has 7 nitrogen and oxygen atoms in total. The molecular formula is C17H24N6O. The van der Waals surface area contributed by atoms with E-state index in [2.05, 4.69) is 29.7 Å². The van der Waals surface area contributed by atoms with Gasteiger partial charge in [-0.3, -0.25) is 19.6 Å². The van der Waals surface area contributed by atoms with Crippen LogP contribution < -0.4 is 5.32 Å². The van der Waals surface area contributed by atoms with Crippen LogP contribution in [-0.4, -0.2) is 69.5 Å². The summed E-state index contributed by atoms with van der Waals surface area (Å²) < 4.78 is 2.17. The summed E-state index contributed by atoms with van der Waals surface area (Å²) in [5.41, 5.74) is 0.747. The van der Waals surface area contributed by atoms with Gasteiger partial charge in [-0.15, -0.1) is 0 Å². The first-order chi connectivity index (χ1) is 11.7. The van der Waals surface area contributed by atoms with E-state index in [1.807, 2.05) is 31.5 Å². The van der Waals surface area contributed by atoms with Gasteiger partial charge in [-0.05, 0) is 19.1 Å². The van der Waals surface area contributed by atoms with Crippen molar-refractivity contribution in [3.63, 3.8) is 0 Å². The third kappa shape index (κ3) is 4.62. The quantitative estimate of drug-likeness (QED) is 0.851. The number of amides is 1. The Morgan fingerprint density at radius 3 is 2.62 bits per heavy atom. The first kappa shape index (κ1) is 16.6. The molecule has 1 fully saturated rings. The number of hydrogen-bond donors (Lipinski definition) is 1. The monoisotopic (exact) mass is 328 g/mol. The summed E-state index contributed by atoms with van der Waals surface area (Å²) in [4.78, 5) is 25.0. The standard InChI is InChI=1S/C17H24N6O/c1-15-19-5-6-23(15)12-11-21-7-9-22(10-8-21)14-17(24)20-16-3-2-4-18-13-16/h2-6,13H,7-12,14H2,1H3,(H,20,24). The van der Waals surface area contributed by atoms with Crippen molar-refractivity contribution in [2.24, 2.45) is 0 Å². The van der Waals surface area contributed by atoms with E-state index in [0.29, 0.717) is 6.54 Å². The number of hydrogen-bond acceptors (Lipinski definition) is 5. The van der Waals surface area contributed by atoms with Crippen LogP contribution in [0.1, 0.15) is 5.82 Å². The third-order valence-corrected chi connectivity index (χ3v) is 4.36. The second kappa shape index (κ2) is 8.03. The van der Waals surface area contributed by atoms with Gasteiger partial charge in [0.15, 0.2) is 0 Å². The second-order valence-corrected chi connectivity index (χ2v) is 6.08. The molecule has 0 aromatic carbocycles. The van der Waals surface area contributed by atoms with Gasteiger partial charge in [0.25, 0.3) is 0 Å². The van der Waals surface area contributed by atoms with Crippen LogP contribution in [-0.2, 0) is 11.3 Å². The van der Waals surface area contributed by atoms with Gasteiger partial charge in [-0.25, -0.2) is 4.98 Å². The van der Waals surface area contributed by atoms with Gasteiger partial charge in [0.1, 0.15) is 5.82 Å². The molecule has 1 amide bonds. The van der Waals surface area contributed by atoms with Crippen molar-refractivity contribution in [1.29, 1.82) is 0 Å². The zero-order chi connectivity index (χ0) is 16.8. The molecule has 3 rings (SSSR count). The van der Waals surface area contributed by atoms with Crippen LogP contribution in [0, 0.1) is 6.92 Å². The molecule has 0 radical (unpaired) electrons. The maximum atomic E-state index is 12.1. The Hall–Kier alpha value is -2.25. The summed E-state index contributed by atoms with van der Waals surface area (Å²) in [7, 11) is 0. The Kier molecular flexibility index (Phi) is 5.55. The molecular weight excluding hydrogens is 304 g/mol. The number of aryl methyl sites for hydroxylation is 1. The SMILES string of the molecule is Cc1nccn1CCN1CCN(CC(=O)Nc2cccnc2)CC1. The van der Waals surface area contributed by atoms with Crippen LogP contribution in [0.4, 0.5) is 5.69 Å². The molecule has 0 aliphatic carbocycles. The Labute approximate surface area is 142 Å². The molecule has 0 unspecified atom stereocenters. The van der Waals surface area contributed by atoms with Crippen LogP contribution >= 0.6 is 0 Å². The highest BCUT2D eigenvalue weighted by Gasteiger charge is 2.18. The fourth-order valence-electron chi connectivity index (χ4n) is 2.90. The van der Waals surface area contributed by atoms with Crippen molar-refractivity contribution in [1.82, 2.24) is 24.3 Å². The Bertz CT molecular complexity index is 648. The number of carbonyl (C=O) groups excluding carboxylic acids is 1.